The van der Waals surface area contributed by atoms with Crippen molar-refractivity contribution in [3.63, 3.8) is 0 Å². The number of aliphatic carboxylic acids is 1. The average Bonchev–Trinajstić information content (AvgIpc) is 2.20. The molecule has 17 heavy (non-hydrogen) atoms. The molecule has 6 heteroatoms. The van der Waals surface area contributed by atoms with Gasteiger partial charge in [-0.1, -0.05) is 6.08 Å². The van der Waals surface area contributed by atoms with E-state index in [1.54, 1.807) is 19.9 Å². The Balaban J connectivity index is -0.00000112. The van der Waals surface area contributed by atoms with Gasteiger partial charge < -0.3 is 17.2 Å². The largest absolute Gasteiger partial charge is 1.00 e. The van der Waals surface area contributed by atoms with Gasteiger partial charge in [-0.15, -0.1) is 6.58 Å². The van der Waals surface area contributed by atoms with Crippen molar-refractivity contribution in [1.29, 1.82) is 0 Å². The van der Waals surface area contributed by atoms with Crippen LogP contribution in [0, 0.1) is 0 Å². The van der Waals surface area contributed by atoms with E-state index in [0.29, 0.717) is 19.5 Å². The summed E-state index contributed by atoms with van der Waals surface area (Å²) in [5.41, 5.74) is -0.669. The molecule has 0 saturated carbocycles. The van der Waals surface area contributed by atoms with Crippen molar-refractivity contribution in [2.75, 3.05) is 13.1 Å². The van der Waals surface area contributed by atoms with Gasteiger partial charge in [0, 0.05) is 19.5 Å². The second-order valence-electron chi connectivity index (χ2n) is 4.05. The van der Waals surface area contributed by atoms with Crippen LogP contribution in [0.3, 0.4) is 0 Å². The van der Waals surface area contributed by atoms with Crippen molar-refractivity contribution >= 4 is 11.9 Å². The van der Waals surface area contributed by atoms with Crippen LogP contribution in [0.4, 0.5) is 0 Å². The summed E-state index contributed by atoms with van der Waals surface area (Å²) in [5.74, 6) is -0.988. The number of carbonyl (C=O) groups excluding carboxylic acids is 1. The minimum atomic E-state index is -0.849. The fraction of sp³-hybridized carbons (Fsp3) is 0.636. The van der Waals surface area contributed by atoms with Crippen LogP contribution in [0.15, 0.2) is 12.7 Å². The topological polar surface area (TPSA) is 78.4 Å². The molecule has 0 bridgehead atoms. The number of carboxylic acids is 1. The van der Waals surface area contributed by atoms with Crippen LogP contribution in [0.5, 0.6) is 0 Å². The van der Waals surface area contributed by atoms with E-state index in [0.717, 1.165) is 0 Å². The maximum absolute atomic E-state index is 11.7. The Morgan fingerprint density at radius 3 is 2.53 bits per heavy atom. The molecule has 5 nitrogen and oxygen atoms in total. The maximum atomic E-state index is 11.7. The van der Waals surface area contributed by atoms with Crippen molar-refractivity contribution < 1.29 is 45.7 Å². The Labute approximate surface area is 126 Å². The van der Waals surface area contributed by atoms with Crippen LogP contribution in [-0.4, -0.2) is 35.6 Å². The molecular weight excluding hydrogens is 231 g/mol. The Morgan fingerprint density at radius 2 is 2.06 bits per heavy atom. The average molecular weight is 252 g/mol. The molecule has 0 aromatic carbocycles. The van der Waals surface area contributed by atoms with Crippen molar-refractivity contribution in [2.24, 2.45) is 0 Å². The summed E-state index contributed by atoms with van der Waals surface area (Å²) >= 11 is 0. The SMILES string of the molecule is C=CCNC(C)(C)C(=O)NCCCC(=O)O.[H-].[Na+]. The molecule has 0 unspecified atom stereocenters. The first-order chi connectivity index (χ1) is 7.40. The fourth-order valence-electron chi connectivity index (χ4n) is 1.07. The Bertz CT molecular complexity index is 273. The van der Waals surface area contributed by atoms with Crippen LogP contribution >= 0.6 is 0 Å². The van der Waals surface area contributed by atoms with Crippen LogP contribution in [0.25, 0.3) is 0 Å². The summed E-state index contributed by atoms with van der Waals surface area (Å²) in [6, 6.07) is 0. The number of carbonyl (C=O) groups is 2. The number of carboxylic acid groups (broad SMARTS) is 1. The second kappa shape index (κ2) is 9.65. The third-order valence-corrected chi connectivity index (χ3v) is 2.11. The summed E-state index contributed by atoms with van der Waals surface area (Å²) in [6.45, 7) is 8.02. The van der Waals surface area contributed by atoms with Gasteiger partial charge in [0.05, 0.1) is 5.54 Å². The van der Waals surface area contributed by atoms with Crippen molar-refractivity contribution in [3.05, 3.63) is 12.7 Å². The zero-order valence-corrected chi connectivity index (χ0v) is 12.9. The monoisotopic (exact) mass is 252 g/mol. The molecular formula is C11H21N2NaO3. The smallest absolute Gasteiger partial charge is 1.00 e. The number of amides is 1. The first-order valence-corrected chi connectivity index (χ1v) is 5.26. The van der Waals surface area contributed by atoms with Gasteiger partial charge >= 0.3 is 35.5 Å². The first kappa shape index (κ1) is 19.0. The van der Waals surface area contributed by atoms with E-state index in [-0.39, 0.29) is 43.3 Å². The summed E-state index contributed by atoms with van der Waals surface area (Å²) in [4.78, 5) is 21.9. The van der Waals surface area contributed by atoms with Gasteiger partial charge in [-0.3, -0.25) is 9.59 Å². The normalized spacial score (nSPS) is 10.2. The summed E-state index contributed by atoms with van der Waals surface area (Å²) in [7, 11) is 0. The third kappa shape index (κ3) is 9.35. The van der Waals surface area contributed by atoms with Gasteiger partial charge in [0.2, 0.25) is 5.91 Å². The quantitative estimate of drug-likeness (QED) is 0.256. The second-order valence-corrected chi connectivity index (χ2v) is 4.05. The Hall–Kier alpha value is -0.360. The van der Waals surface area contributed by atoms with Gasteiger partial charge in [-0.05, 0) is 20.3 Å². The molecule has 0 aromatic heterocycles. The number of hydrogen-bond acceptors (Lipinski definition) is 3. The zero-order chi connectivity index (χ0) is 12.6. The van der Waals surface area contributed by atoms with E-state index in [1.807, 2.05) is 0 Å². The van der Waals surface area contributed by atoms with Gasteiger partial charge in [-0.2, -0.15) is 0 Å². The number of nitrogens with one attached hydrogen (secondary N) is 2. The molecule has 0 spiro atoms. The molecule has 0 heterocycles. The fourth-order valence-corrected chi connectivity index (χ4v) is 1.07. The van der Waals surface area contributed by atoms with Crippen LogP contribution in [0.2, 0.25) is 0 Å². The van der Waals surface area contributed by atoms with E-state index in [1.165, 1.54) is 0 Å². The standard InChI is InChI=1S/C11H20N2O3.Na.H/c1-4-7-13-11(2,3)10(16)12-8-5-6-9(14)15;;/h4,13H,1,5-8H2,2-3H3,(H,12,16)(H,14,15);;/q;+1;-1. The molecule has 0 aliphatic rings. The first-order valence-electron chi connectivity index (χ1n) is 5.26. The van der Waals surface area contributed by atoms with Crippen LogP contribution < -0.4 is 40.2 Å². The molecule has 3 N–H and O–H groups in total. The Kier molecular flexibility index (Phi) is 10.8. The molecule has 0 fully saturated rings. The van der Waals surface area contributed by atoms with Crippen molar-refractivity contribution in [3.8, 4) is 0 Å². The van der Waals surface area contributed by atoms with E-state index >= 15 is 0 Å². The van der Waals surface area contributed by atoms with Crippen molar-refractivity contribution in [1.82, 2.24) is 10.6 Å². The summed E-state index contributed by atoms with van der Waals surface area (Å²) in [5, 5.41) is 14.1. The van der Waals surface area contributed by atoms with E-state index in [2.05, 4.69) is 17.2 Å². The predicted molar refractivity (Wildman–Crippen MR) is 63.3 cm³/mol. The minimum absolute atomic E-state index is 0. The van der Waals surface area contributed by atoms with Crippen LogP contribution in [0.1, 0.15) is 28.1 Å². The van der Waals surface area contributed by atoms with Crippen molar-refractivity contribution in [2.45, 2.75) is 32.2 Å². The van der Waals surface area contributed by atoms with E-state index in [4.69, 9.17) is 5.11 Å². The van der Waals surface area contributed by atoms with Crippen LogP contribution in [-0.2, 0) is 9.59 Å². The third-order valence-electron chi connectivity index (χ3n) is 2.11. The number of hydrogen-bond donors (Lipinski definition) is 3. The molecule has 0 radical (unpaired) electrons. The molecule has 0 aromatic rings. The molecule has 1 amide bonds. The van der Waals surface area contributed by atoms with Gasteiger partial charge in [-0.25, -0.2) is 0 Å². The molecule has 0 atom stereocenters. The molecule has 94 valence electrons. The molecule has 0 saturated heterocycles. The van der Waals surface area contributed by atoms with Gasteiger partial charge in [0.25, 0.3) is 0 Å². The van der Waals surface area contributed by atoms with Gasteiger partial charge in [0.15, 0.2) is 0 Å². The van der Waals surface area contributed by atoms with Gasteiger partial charge in [0.1, 0.15) is 0 Å². The summed E-state index contributed by atoms with van der Waals surface area (Å²) in [6.07, 6.45) is 2.19. The molecule has 0 aliphatic carbocycles. The predicted octanol–water partition coefficient (Wildman–Crippen LogP) is -2.36. The molecule has 0 rings (SSSR count). The van der Waals surface area contributed by atoms with E-state index < -0.39 is 11.5 Å². The minimum Gasteiger partial charge on any atom is -1.00 e. The van der Waals surface area contributed by atoms with E-state index in [9.17, 15) is 9.59 Å². The summed E-state index contributed by atoms with van der Waals surface area (Å²) < 4.78 is 0. The molecule has 0 aliphatic heterocycles. The maximum Gasteiger partial charge on any atom is 1.00 e. The number of rotatable bonds is 8. The zero-order valence-electron chi connectivity index (χ0n) is 11.9. The Morgan fingerprint density at radius 1 is 1.47 bits per heavy atom.